The van der Waals surface area contributed by atoms with Gasteiger partial charge in [0.05, 0.1) is 27.9 Å². The first-order chi connectivity index (χ1) is 11.0. The predicted molar refractivity (Wildman–Crippen MR) is 83.7 cm³/mol. The number of aromatic carboxylic acids is 1. The van der Waals surface area contributed by atoms with E-state index < -0.39 is 11.9 Å². The van der Waals surface area contributed by atoms with Gasteiger partial charge in [-0.25, -0.2) is 4.79 Å². The number of carbonyl (C=O) groups is 2. The van der Waals surface area contributed by atoms with E-state index in [1.165, 1.54) is 18.2 Å². The Morgan fingerprint density at radius 2 is 2.00 bits per heavy atom. The molecule has 0 saturated carbocycles. The summed E-state index contributed by atoms with van der Waals surface area (Å²) < 4.78 is 5.27. The molecule has 0 fully saturated rings. The highest BCUT2D eigenvalue weighted by molar-refractivity contribution is 6.32. The third-order valence-corrected chi connectivity index (χ3v) is 3.16. The zero-order valence-electron chi connectivity index (χ0n) is 11.7. The fourth-order valence-corrected chi connectivity index (χ4v) is 1.99. The van der Waals surface area contributed by atoms with Crippen LogP contribution in [-0.4, -0.2) is 23.6 Å². The normalized spacial score (nSPS) is 9.74. The predicted octanol–water partition coefficient (Wildman–Crippen LogP) is 2.93. The summed E-state index contributed by atoms with van der Waals surface area (Å²) in [5.74, 6) is -1.44. The fourth-order valence-electron chi connectivity index (χ4n) is 1.80. The average molecular weight is 331 g/mol. The van der Waals surface area contributed by atoms with Crippen LogP contribution in [0.15, 0.2) is 42.5 Å². The molecule has 0 atom stereocenters. The molecule has 2 aromatic rings. The van der Waals surface area contributed by atoms with Gasteiger partial charge < -0.3 is 15.2 Å². The van der Waals surface area contributed by atoms with Gasteiger partial charge in [0.25, 0.3) is 5.91 Å². The number of amides is 1. The van der Waals surface area contributed by atoms with Crippen molar-refractivity contribution in [3.8, 4) is 11.8 Å². The minimum Gasteiger partial charge on any atom is -0.482 e. The molecular formula is C16H11ClN2O4. The molecule has 0 aromatic heterocycles. The molecule has 6 nitrogen and oxygen atoms in total. The van der Waals surface area contributed by atoms with Crippen LogP contribution in [0.4, 0.5) is 5.69 Å². The van der Waals surface area contributed by atoms with E-state index in [1.54, 1.807) is 24.3 Å². The quantitative estimate of drug-likeness (QED) is 0.878. The van der Waals surface area contributed by atoms with Crippen molar-refractivity contribution in [1.29, 1.82) is 5.26 Å². The van der Waals surface area contributed by atoms with E-state index in [0.717, 1.165) is 0 Å². The van der Waals surface area contributed by atoms with Crippen LogP contribution in [0.1, 0.15) is 15.9 Å². The van der Waals surface area contributed by atoms with Gasteiger partial charge in [-0.05, 0) is 30.3 Å². The molecule has 0 spiro atoms. The summed E-state index contributed by atoms with van der Waals surface area (Å²) in [6.45, 7) is -0.348. The third-order valence-electron chi connectivity index (χ3n) is 2.85. The summed E-state index contributed by atoms with van der Waals surface area (Å²) in [5, 5.41) is 20.7. The Hall–Kier alpha value is -3.04. The summed E-state index contributed by atoms with van der Waals surface area (Å²) in [7, 11) is 0. The molecule has 1 amide bonds. The van der Waals surface area contributed by atoms with Crippen molar-refractivity contribution >= 4 is 29.2 Å². The number of carboxylic acids is 1. The Balaban J connectivity index is 2.09. The van der Waals surface area contributed by atoms with Gasteiger partial charge in [0.2, 0.25) is 0 Å². The van der Waals surface area contributed by atoms with Crippen molar-refractivity contribution in [3.05, 3.63) is 58.6 Å². The highest BCUT2D eigenvalue weighted by Crippen LogP contribution is 2.23. The molecule has 2 aromatic carbocycles. The number of anilines is 1. The topological polar surface area (TPSA) is 99.4 Å². The summed E-state index contributed by atoms with van der Waals surface area (Å²) in [5.41, 5.74) is 0.150. The lowest BCUT2D eigenvalue weighted by atomic mass is 10.1. The number of hydrogen-bond acceptors (Lipinski definition) is 4. The molecule has 23 heavy (non-hydrogen) atoms. The number of nitrogens with one attached hydrogen (secondary N) is 1. The number of halogens is 1. The largest absolute Gasteiger partial charge is 0.482 e. The van der Waals surface area contributed by atoms with Gasteiger partial charge in [0.1, 0.15) is 5.75 Å². The summed E-state index contributed by atoms with van der Waals surface area (Å²) in [6, 6.07) is 12.4. The number of carbonyl (C=O) groups excluding carboxylic acids is 1. The van der Waals surface area contributed by atoms with E-state index in [0.29, 0.717) is 10.8 Å². The zero-order chi connectivity index (χ0) is 16.8. The highest BCUT2D eigenvalue weighted by atomic mass is 35.5. The summed E-state index contributed by atoms with van der Waals surface area (Å²) >= 11 is 5.90. The lowest BCUT2D eigenvalue weighted by molar-refractivity contribution is -0.118. The van der Waals surface area contributed by atoms with Crippen LogP contribution >= 0.6 is 11.6 Å². The molecular weight excluding hydrogens is 320 g/mol. The number of para-hydroxylation sites is 1. The molecule has 0 aliphatic heterocycles. The zero-order valence-corrected chi connectivity index (χ0v) is 12.5. The van der Waals surface area contributed by atoms with E-state index in [9.17, 15) is 9.59 Å². The summed E-state index contributed by atoms with van der Waals surface area (Å²) in [6.07, 6.45) is 0. The molecule has 0 aliphatic carbocycles. The summed E-state index contributed by atoms with van der Waals surface area (Å²) in [4.78, 5) is 23.1. The minimum absolute atomic E-state index is 0.0318. The first-order valence-corrected chi connectivity index (χ1v) is 6.83. The van der Waals surface area contributed by atoms with Crippen molar-refractivity contribution in [1.82, 2.24) is 0 Å². The van der Waals surface area contributed by atoms with Crippen molar-refractivity contribution in [2.24, 2.45) is 0 Å². The first-order valence-electron chi connectivity index (χ1n) is 6.46. The van der Waals surface area contributed by atoms with Crippen molar-refractivity contribution < 1.29 is 19.4 Å². The lowest BCUT2D eigenvalue weighted by Crippen LogP contribution is -2.21. The maximum Gasteiger partial charge on any atom is 0.337 e. The molecule has 0 unspecified atom stereocenters. The Morgan fingerprint density at radius 1 is 1.26 bits per heavy atom. The third kappa shape index (κ3) is 4.22. The van der Waals surface area contributed by atoms with Gasteiger partial charge >= 0.3 is 5.97 Å². The fraction of sp³-hybridized carbons (Fsp3) is 0.0625. The molecule has 2 N–H and O–H groups in total. The first kappa shape index (κ1) is 16.3. The van der Waals surface area contributed by atoms with Crippen LogP contribution in [0, 0.1) is 11.3 Å². The molecule has 116 valence electrons. The molecule has 0 radical (unpaired) electrons. The maximum absolute atomic E-state index is 11.9. The van der Waals surface area contributed by atoms with E-state index in [1.807, 2.05) is 6.07 Å². The maximum atomic E-state index is 11.9. The monoisotopic (exact) mass is 330 g/mol. The van der Waals surface area contributed by atoms with Gasteiger partial charge in [-0.3, -0.25) is 4.79 Å². The lowest BCUT2D eigenvalue weighted by Gasteiger charge is -2.10. The van der Waals surface area contributed by atoms with Gasteiger partial charge in [-0.1, -0.05) is 23.7 Å². The van der Waals surface area contributed by atoms with Crippen LogP contribution in [0.3, 0.4) is 0 Å². The van der Waals surface area contributed by atoms with Gasteiger partial charge in [-0.2, -0.15) is 5.26 Å². The second kappa shape index (κ2) is 7.29. The standard InChI is InChI=1S/C16H11ClN2O4/c17-12-3-1-2-4-14(12)23-9-15(20)19-13-7-10(8-18)5-6-11(13)16(21)22/h1-7H,9H2,(H,19,20)(H,21,22). The molecule has 0 saturated heterocycles. The number of hydrogen-bond donors (Lipinski definition) is 2. The number of carboxylic acid groups (broad SMARTS) is 1. The Kier molecular flexibility index (Phi) is 5.18. The van der Waals surface area contributed by atoms with Crippen molar-refractivity contribution in [2.45, 2.75) is 0 Å². The van der Waals surface area contributed by atoms with E-state index in [4.69, 9.17) is 26.7 Å². The van der Waals surface area contributed by atoms with Crippen LogP contribution in [0.25, 0.3) is 0 Å². The number of nitrogens with zero attached hydrogens (tertiary/aromatic N) is 1. The van der Waals surface area contributed by atoms with Gasteiger partial charge in [0, 0.05) is 0 Å². The van der Waals surface area contributed by atoms with Crippen LogP contribution in [0.5, 0.6) is 5.75 Å². The number of nitriles is 1. The van der Waals surface area contributed by atoms with Crippen molar-refractivity contribution in [2.75, 3.05) is 11.9 Å². The Morgan fingerprint density at radius 3 is 2.65 bits per heavy atom. The van der Waals surface area contributed by atoms with E-state index in [2.05, 4.69) is 5.32 Å². The number of ether oxygens (including phenoxy) is 1. The second-order valence-electron chi connectivity index (χ2n) is 4.44. The number of benzene rings is 2. The second-order valence-corrected chi connectivity index (χ2v) is 4.85. The minimum atomic E-state index is -1.21. The number of rotatable bonds is 5. The molecule has 0 heterocycles. The molecule has 0 bridgehead atoms. The smallest absolute Gasteiger partial charge is 0.337 e. The van der Waals surface area contributed by atoms with E-state index >= 15 is 0 Å². The van der Waals surface area contributed by atoms with Crippen molar-refractivity contribution in [3.63, 3.8) is 0 Å². The molecule has 0 aliphatic rings. The van der Waals surface area contributed by atoms with Crippen LogP contribution < -0.4 is 10.1 Å². The van der Waals surface area contributed by atoms with Crippen LogP contribution in [-0.2, 0) is 4.79 Å². The van der Waals surface area contributed by atoms with Crippen LogP contribution in [0.2, 0.25) is 5.02 Å². The Labute approximate surface area is 136 Å². The van der Waals surface area contributed by atoms with E-state index in [-0.39, 0.29) is 23.4 Å². The van der Waals surface area contributed by atoms with Gasteiger partial charge in [-0.15, -0.1) is 0 Å². The Bertz CT molecular complexity index is 799. The highest BCUT2D eigenvalue weighted by Gasteiger charge is 2.14. The molecule has 7 heteroatoms. The SMILES string of the molecule is N#Cc1ccc(C(=O)O)c(NC(=O)COc2ccccc2Cl)c1. The molecule has 2 rings (SSSR count). The average Bonchev–Trinajstić information content (AvgIpc) is 2.53. The van der Waals surface area contributed by atoms with Gasteiger partial charge in [0.15, 0.2) is 6.61 Å².